The number of rotatable bonds is 3. The molecule has 0 aliphatic heterocycles. The summed E-state index contributed by atoms with van der Waals surface area (Å²) >= 11 is 5.52. The molecule has 0 saturated heterocycles. The van der Waals surface area contributed by atoms with Gasteiger partial charge in [-0.25, -0.2) is 4.98 Å². The van der Waals surface area contributed by atoms with Gasteiger partial charge in [0.15, 0.2) is 0 Å². The Kier molecular flexibility index (Phi) is 2.73. The molecule has 5 nitrogen and oxygen atoms in total. The van der Waals surface area contributed by atoms with Gasteiger partial charge in [0.25, 0.3) is 5.56 Å². The van der Waals surface area contributed by atoms with Crippen molar-refractivity contribution in [3.63, 3.8) is 0 Å². The van der Waals surface area contributed by atoms with Crippen molar-refractivity contribution in [2.75, 3.05) is 0 Å². The molecule has 1 fully saturated rings. The monoisotopic (exact) mass is 227 g/mol. The maximum atomic E-state index is 11.4. The number of nitrogens with zero attached hydrogens (tertiary/aromatic N) is 2. The van der Waals surface area contributed by atoms with Gasteiger partial charge in [0.05, 0.1) is 6.33 Å². The lowest BCUT2D eigenvalue weighted by Crippen LogP contribution is -2.33. The molecule has 1 aliphatic carbocycles. The lowest BCUT2D eigenvalue weighted by Gasteiger charge is -2.05. The first-order valence-corrected chi connectivity index (χ1v) is 5.04. The van der Waals surface area contributed by atoms with Crippen molar-refractivity contribution in [3.05, 3.63) is 27.9 Å². The van der Waals surface area contributed by atoms with Crippen LogP contribution in [-0.4, -0.2) is 21.5 Å². The van der Waals surface area contributed by atoms with Gasteiger partial charge in [-0.3, -0.25) is 14.2 Å². The molecule has 1 N–H and O–H groups in total. The van der Waals surface area contributed by atoms with Crippen LogP contribution in [0.25, 0.3) is 0 Å². The van der Waals surface area contributed by atoms with Crippen LogP contribution in [0.15, 0.2) is 17.2 Å². The number of hydrogen-bond donors (Lipinski definition) is 1. The summed E-state index contributed by atoms with van der Waals surface area (Å²) in [5, 5.41) is 2.92. The van der Waals surface area contributed by atoms with Gasteiger partial charge >= 0.3 is 0 Å². The molecule has 1 heterocycles. The van der Waals surface area contributed by atoms with Crippen molar-refractivity contribution in [1.29, 1.82) is 0 Å². The summed E-state index contributed by atoms with van der Waals surface area (Å²) in [5.41, 5.74) is -0.319. The summed E-state index contributed by atoms with van der Waals surface area (Å²) in [4.78, 5) is 26.4. The van der Waals surface area contributed by atoms with Gasteiger partial charge in [0.2, 0.25) is 5.91 Å². The molecule has 0 spiro atoms. The fraction of sp³-hybridized carbons (Fsp3) is 0.444. The Morgan fingerprint density at radius 1 is 1.67 bits per heavy atom. The van der Waals surface area contributed by atoms with Crippen LogP contribution in [-0.2, 0) is 11.3 Å². The van der Waals surface area contributed by atoms with Gasteiger partial charge in [-0.1, -0.05) is 11.6 Å². The SMILES string of the molecule is O=C(Cn1cnc(Cl)cc1=O)NC1CC1. The zero-order valence-corrected chi connectivity index (χ0v) is 8.70. The minimum absolute atomic E-state index is 0.000494. The molecule has 0 aromatic carbocycles. The molecule has 1 amide bonds. The number of halogens is 1. The van der Waals surface area contributed by atoms with E-state index in [0.29, 0.717) is 6.04 Å². The lowest BCUT2D eigenvalue weighted by atomic mass is 10.5. The fourth-order valence-corrected chi connectivity index (χ4v) is 1.32. The van der Waals surface area contributed by atoms with Crippen LogP contribution in [0.5, 0.6) is 0 Å². The van der Waals surface area contributed by atoms with E-state index in [1.54, 1.807) is 0 Å². The zero-order valence-electron chi connectivity index (χ0n) is 7.94. The largest absolute Gasteiger partial charge is 0.352 e. The third-order valence-electron chi connectivity index (χ3n) is 2.10. The Bertz CT molecular complexity index is 439. The number of aromatic nitrogens is 2. The average molecular weight is 228 g/mol. The highest BCUT2D eigenvalue weighted by atomic mass is 35.5. The Morgan fingerprint density at radius 3 is 3.00 bits per heavy atom. The van der Waals surface area contributed by atoms with E-state index in [-0.39, 0.29) is 23.2 Å². The molecule has 15 heavy (non-hydrogen) atoms. The topological polar surface area (TPSA) is 64.0 Å². The van der Waals surface area contributed by atoms with E-state index < -0.39 is 0 Å². The van der Waals surface area contributed by atoms with Crippen molar-refractivity contribution < 1.29 is 4.79 Å². The second kappa shape index (κ2) is 4.02. The Hall–Kier alpha value is -1.36. The van der Waals surface area contributed by atoms with Gasteiger partial charge in [0.1, 0.15) is 11.7 Å². The first kappa shape index (κ1) is 10.2. The summed E-state index contributed by atoms with van der Waals surface area (Å²) in [6, 6.07) is 1.49. The van der Waals surface area contributed by atoms with Crippen LogP contribution in [0.3, 0.4) is 0 Å². The molecule has 0 radical (unpaired) electrons. The standard InChI is InChI=1S/C9H10ClN3O2/c10-7-3-9(15)13(5-11-7)4-8(14)12-6-1-2-6/h3,5-6H,1-2,4H2,(H,12,14). The van der Waals surface area contributed by atoms with Gasteiger partial charge < -0.3 is 5.32 Å². The van der Waals surface area contributed by atoms with E-state index in [2.05, 4.69) is 10.3 Å². The van der Waals surface area contributed by atoms with E-state index in [0.717, 1.165) is 12.8 Å². The third-order valence-corrected chi connectivity index (χ3v) is 2.31. The van der Waals surface area contributed by atoms with Crippen molar-refractivity contribution in [2.45, 2.75) is 25.4 Å². The summed E-state index contributed by atoms with van der Waals surface area (Å²) in [6.07, 6.45) is 3.33. The third kappa shape index (κ3) is 2.79. The Morgan fingerprint density at radius 2 is 2.40 bits per heavy atom. The van der Waals surface area contributed by atoms with E-state index in [1.807, 2.05) is 0 Å². The Labute approximate surface area is 91.1 Å². The van der Waals surface area contributed by atoms with E-state index in [9.17, 15) is 9.59 Å². The number of amides is 1. The van der Waals surface area contributed by atoms with E-state index >= 15 is 0 Å². The molecule has 1 saturated carbocycles. The van der Waals surface area contributed by atoms with Gasteiger partial charge in [-0.15, -0.1) is 0 Å². The van der Waals surface area contributed by atoms with Crippen LogP contribution in [0.2, 0.25) is 5.15 Å². The summed E-state index contributed by atoms with van der Waals surface area (Å²) in [6.45, 7) is -0.000494. The molecule has 0 atom stereocenters. The highest BCUT2D eigenvalue weighted by Gasteiger charge is 2.23. The second-order valence-electron chi connectivity index (χ2n) is 3.52. The number of carbonyl (C=O) groups excluding carboxylic acids is 1. The van der Waals surface area contributed by atoms with Gasteiger partial charge in [0, 0.05) is 12.1 Å². The highest BCUT2D eigenvalue weighted by Crippen LogP contribution is 2.18. The quantitative estimate of drug-likeness (QED) is 0.749. The second-order valence-corrected chi connectivity index (χ2v) is 3.91. The highest BCUT2D eigenvalue weighted by molar-refractivity contribution is 6.29. The molecule has 0 bridgehead atoms. The average Bonchev–Trinajstić information content (AvgIpc) is 2.94. The van der Waals surface area contributed by atoms with Crippen molar-refractivity contribution in [1.82, 2.24) is 14.9 Å². The van der Waals surface area contributed by atoms with Crippen molar-refractivity contribution >= 4 is 17.5 Å². The van der Waals surface area contributed by atoms with Crippen LogP contribution < -0.4 is 10.9 Å². The molecular weight excluding hydrogens is 218 g/mol. The first-order chi connectivity index (χ1) is 7.15. The smallest absolute Gasteiger partial charge is 0.255 e. The van der Waals surface area contributed by atoms with E-state index in [4.69, 9.17) is 11.6 Å². The van der Waals surface area contributed by atoms with Crippen molar-refractivity contribution in [3.8, 4) is 0 Å². The van der Waals surface area contributed by atoms with Crippen LogP contribution in [0.4, 0.5) is 0 Å². The lowest BCUT2D eigenvalue weighted by molar-refractivity contribution is -0.121. The predicted octanol–water partition coefficient (Wildman–Crippen LogP) is 0.175. The summed E-state index contributed by atoms with van der Waals surface area (Å²) in [5.74, 6) is -0.163. The number of nitrogens with one attached hydrogen (secondary N) is 1. The van der Waals surface area contributed by atoms with Gasteiger partial charge in [-0.05, 0) is 12.8 Å². The predicted molar refractivity (Wildman–Crippen MR) is 54.7 cm³/mol. The maximum Gasteiger partial charge on any atom is 0.255 e. The molecule has 0 unspecified atom stereocenters. The van der Waals surface area contributed by atoms with Crippen LogP contribution in [0, 0.1) is 0 Å². The minimum atomic E-state index is -0.319. The maximum absolute atomic E-state index is 11.4. The van der Waals surface area contributed by atoms with Crippen LogP contribution in [0.1, 0.15) is 12.8 Å². The number of hydrogen-bond acceptors (Lipinski definition) is 3. The molecular formula is C9H10ClN3O2. The zero-order chi connectivity index (χ0) is 10.8. The first-order valence-electron chi connectivity index (χ1n) is 4.66. The number of carbonyl (C=O) groups is 1. The Balaban J connectivity index is 2.03. The molecule has 1 aliphatic rings. The summed E-state index contributed by atoms with van der Waals surface area (Å²) < 4.78 is 1.23. The normalized spacial score (nSPS) is 15.0. The fourth-order valence-electron chi connectivity index (χ4n) is 1.18. The molecule has 1 aromatic rings. The molecule has 6 heteroatoms. The van der Waals surface area contributed by atoms with Crippen LogP contribution >= 0.6 is 11.6 Å². The minimum Gasteiger partial charge on any atom is -0.352 e. The van der Waals surface area contributed by atoms with Crippen molar-refractivity contribution in [2.24, 2.45) is 0 Å². The van der Waals surface area contributed by atoms with Gasteiger partial charge in [-0.2, -0.15) is 0 Å². The van der Waals surface area contributed by atoms with E-state index in [1.165, 1.54) is 17.0 Å². The summed E-state index contributed by atoms with van der Waals surface area (Å²) in [7, 11) is 0. The molecule has 80 valence electrons. The molecule has 2 rings (SSSR count). The molecule has 1 aromatic heterocycles.